The van der Waals surface area contributed by atoms with Crippen molar-refractivity contribution in [2.24, 2.45) is 0 Å². The standard InChI is InChI=1S/C17H24N2O2/c1-6-18-10-13-11-20-16(19-13)21-15-9-12(2)7-8-14(15)17(3,4)5/h7-9,11,18H,6,10H2,1-5H3. The van der Waals surface area contributed by atoms with Crippen LogP contribution in [0, 0.1) is 6.92 Å². The Balaban J connectivity index is 2.22. The molecule has 1 heterocycles. The maximum atomic E-state index is 5.87. The van der Waals surface area contributed by atoms with Crippen LogP contribution in [-0.2, 0) is 12.0 Å². The number of ether oxygens (including phenoxy) is 1. The molecule has 0 saturated carbocycles. The Morgan fingerprint density at radius 2 is 2.05 bits per heavy atom. The highest BCUT2D eigenvalue weighted by atomic mass is 16.6. The van der Waals surface area contributed by atoms with E-state index in [0.29, 0.717) is 12.6 Å². The summed E-state index contributed by atoms with van der Waals surface area (Å²) >= 11 is 0. The fourth-order valence-corrected chi connectivity index (χ4v) is 2.10. The van der Waals surface area contributed by atoms with Gasteiger partial charge in [0.2, 0.25) is 0 Å². The summed E-state index contributed by atoms with van der Waals surface area (Å²) in [7, 11) is 0. The molecule has 0 aliphatic carbocycles. The van der Waals surface area contributed by atoms with Crippen LogP contribution in [0.3, 0.4) is 0 Å². The first kappa shape index (κ1) is 15.6. The number of benzene rings is 1. The molecule has 1 aromatic heterocycles. The van der Waals surface area contributed by atoms with Crippen molar-refractivity contribution in [3.05, 3.63) is 41.3 Å². The second kappa shape index (κ2) is 6.31. The summed E-state index contributed by atoms with van der Waals surface area (Å²) in [5, 5.41) is 3.21. The summed E-state index contributed by atoms with van der Waals surface area (Å²) in [6.07, 6.45) is 1.92. The molecule has 2 rings (SSSR count). The molecular weight excluding hydrogens is 264 g/mol. The predicted octanol–water partition coefficient (Wildman–Crippen LogP) is 4.18. The van der Waals surface area contributed by atoms with Crippen LogP contribution < -0.4 is 10.1 Å². The highest BCUT2D eigenvalue weighted by Crippen LogP contribution is 2.34. The fourth-order valence-electron chi connectivity index (χ4n) is 2.10. The van der Waals surface area contributed by atoms with E-state index in [0.717, 1.165) is 29.1 Å². The van der Waals surface area contributed by atoms with E-state index in [9.17, 15) is 0 Å². The fraction of sp³-hybridized carbons (Fsp3) is 0.471. The maximum Gasteiger partial charge on any atom is 0.399 e. The Bertz CT molecular complexity index is 597. The van der Waals surface area contributed by atoms with Crippen molar-refractivity contribution in [2.75, 3.05) is 6.54 Å². The van der Waals surface area contributed by atoms with Gasteiger partial charge in [0.1, 0.15) is 12.0 Å². The van der Waals surface area contributed by atoms with Gasteiger partial charge in [-0.2, -0.15) is 4.98 Å². The van der Waals surface area contributed by atoms with E-state index < -0.39 is 0 Å². The van der Waals surface area contributed by atoms with Gasteiger partial charge in [0.15, 0.2) is 0 Å². The van der Waals surface area contributed by atoms with Crippen molar-refractivity contribution >= 4 is 0 Å². The number of nitrogens with zero attached hydrogens (tertiary/aromatic N) is 1. The van der Waals surface area contributed by atoms with Crippen LogP contribution in [0.2, 0.25) is 0 Å². The molecule has 0 unspecified atom stereocenters. The van der Waals surface area contributed by atoms with Gasteiger partial charge in [-0.25, -0.2) is 0 Å². The molecule has 0 aliphatic rings. The van der Waals surface area contributed by atoms with E-state index in [1.807, 2.05) is 13.0 Å². The zero-order chi connectivity index (χ0) is 15.5. The number of rotatable bonds is 5. The summed E-state index contributed by atoms with van der Waals surface area (Å²) in [6.45, 7) is 12.2. The second-order valence-electron chi connectivity index (χ2n) is 6.24. The highest BCUT2D eigenvalue weighted by molar-refractivity contribution is 5.42. The Hall–Kier alpha value is -1.81. The van der Waals surface area contributed by atoms with Crippen molar-refractivity contribution in [1.29, 1.82) is 0 Å². The third kappa shape index (κ3) is 4.08. The Morgan fingerprint density at radius 3 is 2.71 bits per heavy atom. The minimum atomic E-state index is 0.00220. The van der Waals surface area contributed by atoms with Gasteiger partial charge in [0.25, 0.3) is 0 Å². The first-order chi connectivity index (χ1) is 9.90. The minimum Gasteiger partial charge on any atom is -0.417 e. The van der Waals surface area contributed by atoms with E-state index >= 15 is 0 Å². The highest BCUT2D eigenvalue weighted by Gasteiger charge is 2.20. The lowest BCUT2D eigenvalue weighted by Crippen LogP contribution is -2.13. The van der Waals surface area contributed by atoms with Gasteiger partial charge in [-0.3, -0.25) is 0 Å². The number of oxazole rings is 1. The average molecular weight is 288 g/mol. The zero-order valence-corrected chi connectivity index (χ0v) is 13.5. The van der Waals surface area contributed by atoms with E-state index in [2.05, 4.69) is 50.1 Å². The molecule has 0 fully saturated rings. The summed E-state index contributed by atoms with van der Waals surface area (Å²) in [4.78, 5) is 4.34. The number of aromatic nitrogens is 1. The zero-order valence-electron chi connectivity index (χ0n) is 13.5. The summed E-state index contributed by atoms with van der Waals surface area (Å²) < 4.78 is 11.3. The monoisotopic (exact) mass is 288 g/mol. The molecule has 0 atom stereocenters. The predicted molar refractivity (Wildman–Crippen MR) is 83.8 cm³/mol. The largest absolute Gasteiger partial charge is 0.417 e. The normalized spacial score (nSPS) is 11.7. The molecule has 4 heteroatoms. The van der Waals surface area contributed by atoms with E-state index in [4.69, 9.17) is 9.15 Å². The molecule has 114 valence electrons. The van der Waals surface area contributed by atoms with Gasteiger partial charge in [-0.05, 0) is 30.5 Å². The SMILES string of the molecule is CCNCc1coc(Oc2cc(C)ccc2C(C)(C)C)n1. The molecule has 0 amide bonds. The van der Waals surface area contributed by atoms with Gasteiger partial charge >= 0.3 is 6.08 Å². The van der Waals surface area contributed by atoms with Crippen molar-refractivity contribution in [2.45, 2.75) is 46.6 Å². The molecule has 0 spiro atoms. The number of nitrogens with one attached hydrogen (secondary N) is 1. The van der Waals surface area contributed by atoms with Crippen LogP contribution in [0.15, 0.2) is 28.9 Å². The first-order valence-corrected chi connectivity index (χ1v) is 7.34. The van der Waals surface area contributed by atoms with Gasteiger partial charge in [0.05, 0.1) is 5.69 Å². The van der Waals surface area contributed by atoms with Crippen molar-refractivity contribution < 1.29 is 9.15 Å². The van der Waals surface area contributed by atoms with Crippen LogP contribution in [0.4, 0.5) is 0 Å². The Kier molecular flexibility index (Phi) is 4.68. The molecule has 21 heavy (non-hydrogen) atoms. The molecule has 1 N–H and O–H groups in total. The summed E-state index contributed by atoms with van der Waals surface area (Å²) in [6, 6.07) is 6.22. The minimum absolute atomic E-state index is 0.00220. The molecule has 2 aromatic rings. The van der Waals surface area contributed by atoms with E-state index in [1.165, 1.54) is 0 Å². The van der Waals surface area contributed by atoms with Crippen molar-refractivity contribution in [3.63, 3.8) is 0 Å². The lowest BCUT2D eigenvalue weighted by Gasteiger charge is -2.22. The quantitative estimate of drug-likeness (QED) is 0.896. The van der Waals surface area contributed by atoms with E-state index in [-0.39, 0.29) is 5.41 Å². The average Bonchev–Trinajstić information content (AvgIpc) is 2.82. The summed E-state index contributed by atoms with van der Waals surface area (Å²) in [5.41, 5.74) is 3.14. The Labute approximate surface area is 126 Å². The number of aryl methyl sites for hydroxylation is 1. The molecule has 4 nitrogen and oxygen atoms in total. The topological polar surface area (TPSA) is 47.3 Å². The van der Waals surface area contributed by atoms with Gasteiger partial charge in [0, 0.05) is 12.1 Å². The number of hydrogen-bond donors (Lipinski definition) is 1. The number of hydrogen-bond acceptors (Lipinski definition) is 4. The molecule has 0 aliphatic heterocycles. The van der Waals surface area contributed by atoms with Crippen LogP contribution >= 0.6 is 0 Å². The first-order valence-electron chi connectivity index (χ1n) is 7.34. The molecular formula is C17H24N2O2. The van der Waals surface area contributed by atoms with Crippen LogP contribution in [-0.4, -0.2) is 11.5 Å². The smallest absolute Gasteiger partial charge is 0.399 e. The molecule has 1 aromatic carbocycles. The van der Waals surface area contributed by atoms with Crippen molar-refractivity contribution in [3.8, 4) is 11.8 Å². The van der Waals surface area contributed by atoms with Crippen LogP contribution in [0.25, 0.3) is 0 Å². The van der Waals surface area contributed by atoms with Gasteiger partial charge in [-0.15, -0.1) is 0 Å². The van der Waals surface area contributed by atoms with Gasteiger partial charge < -0.3 is 14.5 Å². The third-order valence-electron chi connectivity index (χ3n) is 3.23. The molecule has 0 radical (unpaired) electrons. The maximum absolute atomic E-state index is 5.87. The molecule has 0 saturated heterocycles. The molecule has 0 bridgehead atoms. The van der Waals surface area contributed by atoms with Gasteiger partial charge in [-0.1, -0.05) is 39.8 Å². The second-order valence-corrected chi connectivity index (χ2v) is 6.24. The third-order valence-corrected chi connectivity index (χ3v) is 3.23. The van der Waals surface area contributed by atoms with Crippen LogP contribution in [0.5, 0.6) is 11.8 Å². The summed E-state index contributed by atoms with van der Waals surface area (Å²) in [5.74, 6) is 0.805. The Morgan fingerprint density at radius 1 is 1.29 bits per heavy atom. The van der Waals surface area contributed by atoms with Crippen LogP contribution in [0.1, 0.15) is 44.5 Å². The van der Waals surface area contributed by atoms with Crippen molar-refractivity contribution in [1.82, 2.24) is 10.3 Å². The lowest BCUT2D eigenvalue weighted by atomic mass is 9.86. The lowest BCUT2D eigenvalue weighted by molar-refractivity contribution is 0.324. The van der Waals surface area contributed by atoms with E-state index in [1.54, 1.807) is 6.26 Å².